The third-order valence-electron chi connectivity index (χ3n) is 7.37. The Morgan fingerprint density at radius 2 is 1.68 bits per heavy atom. The van der Waals surface area contributed by atoms with Crippen molar-refractivity contribution < 1.29 is 4.42 Å². The highest BCUT2D eigenvalue weighted by atomic mass is 16.3. The van der Waals surface area contributed by atoms with Gasteiger partial charge in [0.1, 0.15) is 5.58 Å². The van der Waals surface area contributed by atoms with Crippen molar-refractivity contribution >= 4 is 22.1 Å². The maximum absolute atomic E-state index is 6.26. The molecule has 0 radical (unpaired) electrons. The summed E-state index contributed by atoms with van der Waals surface area (Å²) in [6, 6.07) is 21.2. The number of hydrogen-bond donors (Lipinski definition) is 0. The molecular weight excluding hydrogens is 416 g/mol. The van der Waals surface area contributed by atoms with Crippen LogP contribution in [0.25, 0.3) is 44.5 Å². The van der Waals surface area contributed by atoms with Crippen LogP contribution in [-0.4, -0.2) is 9.97 Å². The molecule has 1 fully saturated rings. The number of hydrogen-bond acceptors (Lipinski definition) is 3. The number of pyridine rings is 2. The maximum atomic E-state index is 6.26. The van der Waals surface area contributed by atoms with E-state index in [4.69, 9.17) is 14.4 Å². The lowest BCUT2D eigenvalue weighted by Gasteiger charge is -2.17. The average molecular weight is 447 g/mol. The third kappa shape index (κ3) is 3.79. The molecule has 1 saturated carbocycles. The molecule has 0 unspecified atom stereocenters. The summed E-state index contributed by atoms with van der Waals surface area (Å²) in [5.74, 6) is 1.29. The van der Waals surface area contributed by atoms with Crippen LogP contribution >= 0.6 is 0 Å². The van der Waals surface area contributed by atoms with Crippen LogP contribution in [0.1, 0.15) is 56.6 Å². The van der Waals surface area contributed by atoms with E-state index in [9.17, 15) is 0 Å². The number of aromatic nitrogens is 2. The van der Waals surface area contributed by atoms with Gasteiger partial charge in [-0.15, -0.1) is 0 Å². The molecule has 3 aromatic heterocycles. The van der Waals surface area contributed by atoms with Gasteiger partial charge < -0.3 is 4.42 Å². The lowest BCUT2D eigenvalue weighted by atomic mass is 9.90. The van der Waals surface area contributed by atoms with E-state index >= 15 is 0 Å². The zero-order valence-electron chi connectivity index (χ0n) is 19.9. The summed E-state index contributed by atoms with van der Waals surface area (Å²) in [7, 11) is 0. The maximum Gasteiger partial charge on any atom is 0.227 e. The summed E-state index contributed by atoms with van der Waals surface area (Å²) in [6.07, 6.45) is 10.6. The van der Waals surface area contributed by atoms with Gasteiger partial charge >= 0.3 is 0 Å². The average Bonchev–Trinajstić information content (AvgIpc) is 3.51. The Hall–Kier alpha value is -3.46. The molecule has 1 aliphatic rings. The zero-order chi connectivity index (χ0) is 23.1. The number of nitrogens with zero attached hydrogens (tertiary/aromatic N) is 2. The number of furan rings is 1. The van der Waals surface area contributed by atoms with E-state index in [0.717, 1.165) is 51.1 Å². The molecule has 0 bridgehead atoms. The van der Waals surface area contributed by atoms with Gasteiger partial charge in [-0.2, -0.15) is 0 Å². The smallest absolute Gasteiger partial charge is 0.227 e. The summed E-state index contributed by atoms with van der Waals surface area (Å²) in [6.45, 7) is 4.54. The molecule has 0 amide bonds. The molecular formula is C31H30N2O. The number of benzene rings is 2. The standard InChI is InChI=1S/C31H30N2O/c1-20(2)28-19-32-29(17-23(28)15-21-9-6-7-10-21)24-16-27-26-14-8-13-25(22-11-4-3-5-12-22)30(26)34-31(27)33-18-24/h3-5,8,11-14,16-21H,6-7,9-10,15H2,1-2H3. The second-order valence-corrected chi connectivity index (χ2v) is 10.0. The topological polar surface area (TPSA) is 38.9 Å². The molecule has 0 aliphatic heterocycles. The summed E-state index contributed by atoms with van der Waals surface area (Å²) >= 11 is 0. The predicted molar refractivity (Wildman–Crippen MR) is 140 cm³/mol. The van der Waals surface area contributed by atoms with Crippen molar-refractivity contribution in [1.82, 2.24) is 9.97 Å². The molecule has 5 aromatic rings. The van der Waals surface area contributed by atoms with Gasteiger partial charge in [0.05, 0.1) is 5.69 Å². The van der Waals surface area contributed by atoms with Crippen molar-refractivity contribution in [3.8, 4) is 22.4 Å². The van der Waals surface area contributed by atoms with Crippen LogP contribution in [0.4, 0.5) is 0 Å². The summed E-state index contributed by atoms with van der Waals surface area (Å²) in [5.41, 5.74) is 8.68. The minimum Gasteiger partial charge on any atom is -0.437 e. The molecule has 170 valence electrons. The van der Waals surface area contributed by atoms with E-state index in [1.54, 1.807) is 0 Å². The van der Waals surface area contributed by atoms with Gasteiger partial charge in [-0.1, -0.05) is 88.1 Å². The molecule has 2 aromatic carbocycles. The zero-order valence-corrected chi connectivity index (χ0v) is 19.9. The van der Waals surface area contributed by atoms with Crippen LogP contribution in [0.15, 0.2) is 77.5 Å². The van der Waals surface area contributed by atoms with Crippen LogP contribution in [0.5, 0.6) is 0 Å². The van der Waals surface area contributed by atoms with Gasteiger partial charge in [-0.25, -0.2) is 4.98 Å². The van der Waals surface area contributed by atoms with Gasteiger partial charge in [0.15, 0.2) is 0 Å². The highest BCUT2D eigenvalue weighted by Crippen LogP contribution is 2.37. The van der Waals surface area contributed by atoms with Crippen LogP contribution < -0.4 is 0 Å². The molecule has 3 nitrogen and oxygen atoms in total. The highest BCUT2D eigenvalue weighted by Gasteiger charge is 2.20. The largest absolute Gasteiger partial charge is 0.437 e. The van der Waals surface area contributed by atoms with Gasteiger partial charge in [0.25, 0.3) is 0 Å². The summed E-state index contributed by atoms with van der Waals surface area (Å²) < 4.78 is 6.26. The molecule has 6 rings (SSSR count). The number of para-hydroxylation sites is 1. The Kier molecular flexibility index (Phi) is 5.41. The lowest BCUT2D eigenvalue weighted by molar-refractivity contribution is 0.542. The van der Waals surface area contributed by atoms with Crippen molar-refractivity contribution in [2.45, 2.75) is 51.9 Å². The molecule has 34 heavy (non-hydrogen) atoms. The fourth-order valence-electron chi connectivity index (χ4n) is 5.55. The Morgan fingerprint density at radius 3 is 2.47 bits per heavy atom. The van der Waals surface area contributed by atoms with Crippen LogP contribution in [0, 0.1) is 5.92 Å². The van der Waals surface area contributed by atoms with Crippen LogP contribution in [-0.2, 0) is 6.42 Å². The van der Waals surface area contributed by atoms with Crippen molar-refractivity contribution in [1.29, 1.82) is 0 Å². The Labute approximate surface area is 200 Å². The summed E-state index contributed by atoms with van der Waals surface area (Å²) in [4.78, 5) is 9.58. The van der Waals surface area contributed by atoms with Crippen molar-refractivity contribution in [2.24, 2.45) is 5.92 Å². The van der Waals surface area contributed by atoms with Gasteiger partial charge in [-0.05, 0) is 47.1 Å². The molecule has 3 heteroatoms. The monoisotopic (exact) mass is 446 g/mol. The highest BCUT2D eigenvalue weighted by molar-refractivity contribution is 6.09. The first-order valence-electron chi connectivity index (χ1n) is 12.5. The van der Waals surface area contributed by atoms with Gasteiger partial charge in [0, 0.05) is 34.3 Å². The molecule has 3 heterocycles. The van der Waals surface area contributed by atoms with Gasteiger partial charge in [-0.3, -0.25) is 4.98 Å². The third-order valence-corrected chi connectivity index (χ3v) is 7.37. The van der Waals surface area contributed by atoms with E-state index in [1.807, 2.05) is 12.3 Å². The fourth-order valence-corrected chi connectivity index (χ4v) is 5.55. The van der Waals surface area contributed by atoms with E-state index in [-0.39, 0.29) is 0 Å². The molecule has 0 saturated heterocycles. The minimum absolute atomic E-state index is 0.479. The SMILES string of the molecule is CC(C)c1cnc(-c2cnc3oc4c(-c5ccccc5)cccc4c3c2)cc1CC1CCCC1. The normalized spacial score (nSPS) is 14.6. The summed E-state index contributed by atoms with van der Waals surface area (Å²) in [5, 5.41) is 2.13. The first-order valence-corrected chi connectivity index (χ1v) is 12.5. The minimum atomic E-state index is 0.479. The molecule has 0 N–H and O–H groups in total. The lowest BCUT2D eigenvalue weighted by Crippen LogP contribution is -2.05. The molecule has 1 aliphatic carbocycles. The van der Waals surface area contributed by atoms with E-state index in [2.05, 4.69) is 74.6 Å². The Balaban J connectivity index is 1.44. The Bertz CT molecular complexity index is 1460. The first kappa shape index (κ1) is 21.1. The van der Waals surface area contributed by atoms with E-state index < -0.39 is 0 Å². The van der Waals surface area contributed by atoms with Crippen LogP contribution in [0.3, 0.4) is 0 Å². The second kappa shape index (κ2) is 8.72. The van der Waals surface area contributed by atoms with E-state index in [1.165, 1.54) is 36.8 Å². The fraction of sp³-hybridized carbons (Fsp3) is 0.290. The quantitative estimate of drug-likeness (QED) is 0.271. The van der Waals surface area contributed by atoms with Crippen molar-refractivity contribution in [3.05, 3.63) is 84.2 Å². The number of rotatable bonds is 5. The first-order chi connectivity index (χ1) is 16.7. The Morgan fingerprint density at radius 1 is 0.853 bits per heavy atom. The number of fused-ring (bicyclic) bond motifs is 3. The second-order valence-electron chi connectivity index (χ2n) is 10.0. The molecule has 0 atom stereocenters. The van der Waals surface area contributed by atoms with Crippen molar-refractivity contribution in [3.63, 3.8) is 0 Å². The van der Waals surface area contributed by atoms with E-state index in [0.29, 0.717) is 11.6 Å². The molecule has 0 spiro atoms. The van der Waals surface area contributed by atoms with Crippen LogP contribution in [0.2, 0.25) is 0 Å². The van der Waals surface area contributed by atoms with Crippen molar-refractivity contribution in [2.75, 3.05) is 0 Å². The van der Waals surface area contributed by atoms with Gasteiger partial charge in [0.2, 0.25) is 5.71 Å². The predicted octanol–water partition coefficient (Wildman–Crippen LogP) is 8.57.